The molecule has 5 aromatic rings. The van der Waals surface area contributed by atoms with E-state index in [-0.39, 0.29) is 6.54 Å². The van der Waals surface area contributed by atoms with Gasteiger partial charge in [0.05, 0.1) is 20.7 Å². The highest BCUT2D eigenvalue weighted by Gasteiger charge is 2.33. The lowest BCUT2D eigenvalue weighted by Crippen LogP contribution is -2.29. The number of hydrogen-bond donors (Lipinski definition) is 1. The van der Waals surface area contributed by atoms with Crippen LogP contribution in [0.2, 0.25) is 14.4 Å². The Bertz CT molecular complexity index is 1930. The third-order valence-electron chi connectivity index (χ3n) is 6.61. The van der Waals surface area contributed by atoms with Crippen LogP contribution < -0.4 is 9.03 Å². The number of benzene rings is 3. The summed E-state index contributed by atoms with van der Waals surface area (Å²) < 4.78 is 30.2. The standard InChI is InChI=1S/C30H21Cl3N4O3S2/c31-22-8-11-24(25(32)15-22)26-17-36(16-20-3-9-23(10-4-20)37-18-30(38)35-42(37,39)40)29(34-26)14-5-19-1-6-21(7-2-19)27-12-13-28(33)41-27/h1-15,17H,16,18H2,(H,35,38)/b14-5+. The molecular weight excluding hydrogens is 635 g/mol. The van der Waals surface area contributed by atoms with E-state index in [0.29, 0.717) is 33.8 Å². The molecule has 0 bridgehead atoms. The minimum Gasteiger partial charge on any atom is -0.326 e. The molecule has 0 spiro atoms. The van der Waals surface area contributed by atoms with E-state index in [0.717, 1.165) is 35.8 Å². The summed E-state index contributed by atoms with van der Waals surface area (Å²) in [7, 11) is -3.87. The molecular formula is C30H21Cl3N4O3S2. The van der Waals surface area contributed by atoms with E-state index in [1.54, 1.807) is 24.3 Å². The molecule has 1 amide bonds. The average Bonchev–Trinajstić information content (AvgIpc) is 3.64. The maximum absolute atomic E-state index is 12.2. The van der Waals surface area contributed by atoms with E-state index in [1.807, 2.05) is 70.1 Å². The fraction of sp³-hybridized carbons (Fsp3) is 0.0667. The normalized spacial score (nSPS) is 14.5. The van der Waals surface area contributed by atoms with Crippen LogP contribution in [0.5, 0.6) is 0 Å². The fourth-order valence-corrected chi connectivity index (χ4v) is 7.26. The first kappa shape index (κ1) is 28.5. The second kappa shape index (κ2) is 11.6. The topological polar surface area (TPSA) is 84.3 Å². The number of aromatic nitrogens is 2. The number of halogens is 3. The van der Waals surface area contributed by atoms with E-state index in [2.05, 4.69) is 12.1 Å². The van der Waals surface area contributed by atoms with Crippen molar-refractivity contribution in [3.8, 4) is 21.7 Å². The minimum absolute atomic E-state index is 0.245. The number of thiophene rings is 1. The van der Waals surface area contributed by atoms with E-state index < -0.39 is 16.1 Å². The van der Waals surface area contributed by atoms with E-state index in [9.17, 15) is 13.2 Å². The lowest BCUT2D eigenvalue weighted by Gasteiger charge is -2.15. The van der Waals surface area contributed by atoms with Gasteiger partial charge in [0.25, 0.3) is 5.91 Å². The maximum atomic E-state index is 12.2. The van der Waals surface area contributed by atoms with Gasteiger partial charge >= 0.3 is 10.2 Å². The Morgan fingerprint density at radius 2 is 1.69 bits per heavy atom. The van der Waals surface area contributed by atoms with Crippen molar-refractivity contribution in [2.75, 3.05) is 10.8 Å². The zero-order chi connectivity index (χ0) is 29.4. The number of hydrogen-bond acceptors (Lipinski definition) is 5. The number of amides is 1. The molecule has 6 rings (SSSR count). The van der Waals surface area contributed by atoms with Crippen molar-refractivity contribution < 1.29 is 13.2 Å². The fourth-order valence-electron chi connectivity index (χ4n) is 4.56. The van der Waals surface area contributed by atoms with Crippen LogP contribution >= 0.6 is 46.1 Å². The highest BCUT2D eigenvalue weighted by atomic mass is 35.5. The molecule has 1 saturated heterocycles. The quantitative estimate of drug-likeness (QED) is 0.195. The number of imidazole rings is 1. The second-order valence-electron chi connectivity index (χ2n) is 9.50. The predicted octanol–water partition coefficient (Wildman–Crippen LogP) is 7.64. The Hall–Kier alpha value is -3.60. The Morgan fingerprint density at radius 3 is 2.33 bits per heavy atom. The lowest BCUT2D eigenvalue weighted by atomic mass is 10.1. The van der Waals surface area contributed by atoms with Gasteiger partial charge in [0.2, 0.25) is 0 Å². The second-order valence-corrected chi connectivity index (χ2v) is 13.7. The third kappa shape index (κ3) is 6.11. The maximum Gasteiger partial charge on any atom is 0.326 e. The molecule has 1 aliphatic heterocycles. The number of anilines is 1. The summed E-state index contributed by atoms with van der Waals surface area (Å²) in [4.78, 5) is 17.6. The number of nitrogens with zero attached hydrogens (tertiary/aromatic N) is 3. The van der Waals surface area contributed by atoms with Crippen LogP contribution in [-0.4, -0.2) is 30.4 Å². The zero-order valence-electron chi connectivity index (χ0n) is 21.7. The minimum atomic E-state index is -3.87. The van der Waals surface area contributed by atoms with Gasteiger partial charge in [0.1, 0.15) is 12.4 Å². The van der Waals surface area contributed by atoms with Crippen molar-refractivity contribution in [1.82, 2.24) is 14.3 Å². The summed E-state index contributed by atoms with van der Waals surface area (Å²) >= 11 is 20.2. The smallest absolute Gasteiger partial charge is 0.326 e. The van der Waals surface area contributed by atoms with Gasteiger partial charge in [-0.15, -0.1) is 11.3 Å². The predicted molar refractivity (Wildman–Crippen MR) is 171 cm³/mol. The summed E-state index contributed by atoms with van der Waals surface area (Å²) in [6, 6.07) is 24.4. The van der Waals surface area contributed by atoms with Gasteiger partial charge in [-0.3, -0.25) is 4.79 Å². The van der Waals surface area contributed by atoms with Crippen LogP contribution in [0.3, 0.4) is 0 Å². The van der Waals surface area contributed by atoms with Crippen LogP contribution in [0.25, 0.3) is 33.9 Å². The molecule has 1 aliphatic rings. The summed E-state index contributed by atoms with van der Waals surface area (Å²) in [6.45, 7) is 0.214. The lowest BCUT2D eigenvalue weighted by molar-refractivity contribution is -0.117. The van der Waals surface area contributed by atoms with Crippen molar-refractivity contribution in [3.05, 3.63) is 116 Å². The van der Waals surface area contributed by atoms with Gasteiger partial charge in [0, 0.05) is 28.2 Å². The Labute approximate surface area is 261 Å². The average molecular weight is 656 g/mol. The molecule has 12 heteroatoms. The monoisotopic (exact) mass is 654 g/mol. The van der Waals surface area contributed by atoms with E-state index >= 15 is 0 Å². The van der Waals surface area contributed by atoms with Crippen LogP contribution in [0.4, 0.5) is 5.69 Å². The van der Waals surface area contributed by atoms with Crippen LogP contribution in [0.15, 0.2) is 85.1 Å². The Kier molecular flexibility index (Phi) is 7.87. The van der Waals surface area contributed by atoms with Crippen LogP contribution in [-0.2, 0) is 21.5 Å². The van der Waals surface area contributed by atoms with Crippen molar-refractivity contribution in [3.63, 3.8) is 0 Å². The van der Waals surface area contributed by atoms with Gasteiger partial charge in [0.15, 0.2) is 0 Å². The highest BCUT2D eigenvalue weighted by Crippen LogP contribution is 2.32. The number of carbonyl (C=O) groups is 1. The molecule has 0 aliphatic carbocycles. The number of rotatable bonds is 7. The number of nitrogens with one attached hydrogen (secondary N) is 1. The molecule has 3 aromatic carbocycles. The molecule has 2 aromatic heterocycles. The first-order valence-electron chi connectivity index (χ1n) is 12.6. The molecule has 3 heterocycles. The van der Waals surface area contributed by atoms with Crippen molar-refractivity contribution in [1.29, 1.82) is 0 Å². The van der Waals surface area contributed by atoms with Gasteiger partial charge in [-0.1, -0.05) is 77.3 Å². The van der Waals surface area contributed by atoms with Gasteiger partial charge < -0.3 is 4.57 Å². The molecule has 212 valence electrons. The Morgan fingerprint density at radius 1 is 0.929 bits per heavy atom. The molecule has 7 nitrogen and oxygen atoms in total. The van der Waals surface area contributed by atoms with Gasteiger partial charge in [-0.25, -0.2) is 14.0 Å². The summed E-state index contributed by atoms with van der Waals surface area (Å²) in [5.41, 5.74) is 4.85. The van der Waals surface area contributed by atoms with E-state index in [1.165, 1.54) is 11.3 Å². The summed E-state index contributed by atoms with van der Waals surface area (Å²) in [5, 5.41) is 1.03. The summed E-state index contributed by atoms with van der Waals surface area (Å²) in [5.74, 6) is 0.138. The largest absolute Gasteiger partial charge is 0.326 e. The molecule has 1 fully saturated rings. The first-order chi connectivity index (χ1) is 20.1. The molecule has 42 heavy (non-hydrogen) atoms. The Balaban J connectivity index is 1.29. The third-order valence-corrected chi connectivity index (χ3v) is 9.84. The van der Waals surface area contributed by atoms with Crippen molar-refractivity contribution in [2.45, 2.75) is 6.54 Å². The van der Waals surface area contributed by atoms with Crippen molar-refractivity contribution >= 4 is 80.1 Å². The van der Waals surface area contributed by atoms with Gasteiger partial charge in [-0.05, 0) is 65.2 Å². The first-order valence-corrected chi connectivity index (χ1v) is 16.0. The zero-order valence-corrected chi connectivity index (χ0v) is 25.6. The molecule has 0 unspecified atom stereocenters. The number of carbonyl (C=O) groups excluding carboxylic acids is 1. The summed E-state index contributed by atoms with van der Waals surface area (Å²) in [6.07, 6.45) is 5.84. The highest BCUT2D eigenvalue weighted by molar-refractivity contribution is 7.92. The van der Waals surface area contributed by atoms with Gasteiger partial charge in [-0.2, -0.15) is 8.42 Å². The molecule has 0 saturated carbocycles. The molecule has 0 radical (unpaired) electrons. The van der Waals surface area contributed by atoms with Crippen LogP contribution in [0.1, 0.15) is 17.0 Å². The van der Waals surface area contributed by atoms with E-state index in [4.69, 9.17) is 39.8 Å². The molecule has 0 atom stereocenters. The van der Waals surface area contributed by atoms with Crippen molar-refractivity contribution in [2.24, 2.45) is 0 Å². The van der Waals surface area contributed by atoms with Crippen LogP contribution in [0, 0.1) is 0 Å². The molecule has 1 N–H and O–H groups in total. The SMILES string of the molecule is O=C1CN(c2ccc(Cn3cc(-c4ccc(Cl)cc4Cl)nc3/C=C/c3ccc(-c4ccc(Cl)s4)cc3)cc2)S(=O)(=O)N1.